The molecular formula is C20H22N2O6. The number of urea groups is 1. The fraction of sp³-hybridized carbons (Fsp3) is 0.250. The Balaban J connectivity index is 1.73. The fourth-order valence-corrected chi connectivity index (χ4v) is 2.28. The third-order valence-corrected chi connectivity index (χ3v) is 3.76. The largest absolute Gasteiger partial charge is 0.493 e. The first-order valence-electron chi connectivity index (χ1n) is 8.50. The van der Waals surface area contributed by atoms with Crippen LogP contribution in [0.1, 0.15) is 15.9 Å². The van der Waals surface area contributed by atoms with Crippen molar-refractivity contribution in [3.63, 3.8) is 0 Å². The zero-order chi connectivity index (χ0) is 20.4. The average molecular weight is 386 g/mol. The quantitative estimate of drug-likeness (QED) is 0.504. The molecule has 8 nitrogen and oxygen atoms in total. The number of carbonyl (C=O) groups excluding carboxylic acids is 3. The number of nitrogens with one attached hydrogen (secondary N) is 2. The zero-order valence-electron chi connectivity index (χ0n) is 15.7. The monoisotopic (exact) mass is 386 g/mol. The second-order valence-corrected chi connectivity index (χ2v) is 5.68. The molecular weight excluding hydrogens is 364 g/mol. The summed E-state index contributed by atoms with van der Waals surface area (Å²) < 4.78 is 15.1. The lowest BCUT2D eigenvalue weighted by molar-refractivity contribution is -0.141. The molecule has 8 heteroatoms. The number of ether oxygens (including phenoxy) is 3. The summed E-state index contributed by atoms with van der Waals surface area (Å²) in [5, 5.41) is 5.00. The van der Waals surface area contributed by atoms with Crippen LogP contribution in [0.15, 0.2) is 48.5 Å². The van der Waals surface area contributed by atoms with Crippen molar-refractivity contribution >= 4 is 17.8 Å². The van der Waals surface area contributed by atoms with E-state index in [4.69, 9.17) is 14.2 Å². The van der Waals surface area contributed by atoms with Crippen LogP contribution in [0.25, 0.3) is 0 Å². The van der Waals surface area contributed by atoms with Crippen LogP contribution in [-0.2, 0) is 16.1 Å². The van der Waals surface area contributed by atoms with E-state index in [9.17, 15) is 14.4 Å². The molecule has 2 N–H and O–H groups in total. The molecule has 0 unspecified atom stereocenters. The van der Waals surface area contributed by atoms with Gasteiger partial charge in [-0.3, -0.25) is 9.59 Å². The number of ketones is 1. The first-order valence-corrected chi connectivity index (χ1v) is 8.50. The number of rotatable bonds is 9. The molecule has 2 rings (SSSR count). The number of benzene rings is 2. The Bertz CT molecular complexity index is 823. The van der Waals surface area contributed by atoms with Crippen molar-refractivity contribution in [3.05, 3.63) is 59.7 Å². The van der Waals surface area contributed by atoms with E-state index in [0.29, 0.717) is 23.6 Å². The summed E-state index contributed by atoms with van der Waals surface area (Å²) in [6.45, 7) is -0.457. The number of carbonyl (C=O) groups is 3. The zero-order valence-corrected chi connectivity index (χ0v) is 15.7. The molecule has 0 heterocycles. The smallest absolute Gasteiger partial charge is 0.325 e. The Hall–Kier alpha value is -3.55. The summed E-state index contributed by atoms with van der Waals surface area (Å²) in [5.41, 5.74) is 1.25. The van der Waals surface area contributed by atoms with Gasteiger partial charge in [0, 0.05) is 12.1 Å². The van der Waals surface area contributed by atoms with Crippen LogP contribution in [0, 0.1) is 0 Å². The van der Waals surface area contributed by atoms with Crippen LogP contribution in [0.4, 0.5) is 4.79 Å². The molecule has 0 aliphatic carbocycles. The molecule has 0 saturated carbocycles. The third kappa shape index (κ3) is 6.31. The summed E-state index contributed by atoms with van der Waals surface area (Å²) >= 11 is 0. The van der Waals surface area contributed by atoms with E-state index in [1.807, 2.05) is 30.3 Å². The van der Waals surface area contributed by atoms with Gasteiger partial charge in [-0.2, -0.15) is 0 Å². The number of hydrogen-bond donors (Lipinski definition) is 2. The summed E-state index contributed by atoms with van der Waals surface area (Å²) in [6, 6.07) is 13.5. The lowest BCUT2D eigenvalue weighted by Gasteiger charge is -2.10. The van der Waals surface area contributed by atoms with E-state index in [0.717, 1.165) is 5.56 Å². The maximum atomic E-state index is 12.1. The Labute approximate surface area is 162 Å². The van der Waals surface area contributed by atoms with Crippen LogP contribution in [0.5, 0.6) is 11.5 Å². The molecule has 0 radical (unpaired) electrons. The maximum Gasteiger partial charge on any atom is 0.325 e. The van der Waals surface area contributed by atoms with Gasteiger partial charge in [-0.1, -0.05) is 30.3 Å². The number of hydrogen-bond acceptors (Lipinski definition) is 6. The minimum atomic E-state index is -0.719. The van der Waals surface area contributed by atoms with E-state index in [2.05, 4.69) is 10.6 Å². The average Bonchev–Trinajstić information content (AvgIpc) is 2.74. The highest BCUT2D eigenvalue weighted by Crippen LogP contribution is 2.27. The van der Waals surface area contributed by atoms with Crippen molar-refractivity contribution in [2.24, 2.45) is 0 Å². The number of amides is 2. The van der Waals surface area contributed by atoms with Gasteiger partial charge >= 0.3 is 12.0 Å². The van der Waals surface area contributed by atoms with Crippen molar-refractivity contribution in [3.8, 4) is 11.5 Å². The standard InChI is InChI=1S/C20H22N2O6/c1-26-17-9-8-15(10-18(17)27-2)16(23)13-28-19(24)12-22-20(25)21-11-14-6-4-3-5-7-14/h3-10H,11-13H2,1-2H3,(H2,21,22,25). The van der Waals surface area contributed by atoms with Crippen LogP contribution in [0.2, 0.25) is 0 Å². The van der Waals surface area contributed by atoms with Crippen LogP contribution in [-0.4, -0.2) is 45.2 Å². The van der Waals surface area contributed by atoms with E-state index in [-0.39, 0.29) is 6.54 Å². The van der Waals surface area contributed by atoms with Crippen molar-refractivity contribution < 1.29 is 28.6 Å². The van der Waals surface area contributed by atoms with E-state index >= 15 is 0 Å². The lowest BCUT2D eigenvalue weighted by atomic mass is 10.1. The summed E-state index contributed by atoms with van der Waals surface area (Å²) in [5.74, 6) is -0.232. The molecule has 2 amide bonds. The SMILES string of the molecule is COc1ccc(C(=O)COC(=O)CNC(=O)NCc2ccccc2)cc1OC. The lowest BCUT2D eigenvalue weighted by Crippen LogP contribution is -2.38. The van der Waals surface area contributed by atoms with Gasteiger partial charge in [-0.05, 0) is 23.8 Å². The molecule has 0 saturated heterocycles. The summed E-state index contributed by atoms with van der Waals surface area (Å²) in [6.07, 6.45) is 0. The van der Waals surface area contributed by atoms with Gasteiger partial charge in [0.15, 0.2) is 23.9 Å². The molecule has 0 spiro atoms. The molecule has 0 bridgehead atoms. The van der Waals surface area contributed by atoms with Crippen LogP contribution >= 0.6 is 0 Å². The topological polar surface area (TPSA) is 103 Å². The van der Waals surface area contributed by atoms with E-state index < -0.39 is 24.4 Å². The minimum Gasteiger partial charge on any atom is -0.493 e. The number of methoxy groups -OCH3 is 2. The molecule has 0 aromatic heterocycles. The molecule has 2 aromatic carbocycles. The van der Waals surface area contributed by atoms with Crippen molar-refractivity contribution in [1.82, 2.24) is 10.6 Å². The Morgan fingerprint density at radius 1 is 0.893 bits per heavy atom. The molecule has 28 heavy (non-hydrogen) atoms. The fourth-order valence-electron chi connectivity index (χ4n) is 2.28. The first kappa shape index (κ1) is 20.8. The van der Waals surface area contributed by atoms with Gasteiger partial charge in [-0.15, -0.1) is 0 Å². The van der Waals surface area contributed by atoms with Gasteiger partial charge in [0.05, 0.1) is 14.2 Å². The third-order valence-electron chi connectivity index (χ3n) is 3.76. The van der Waals surface area contributed by atoms with Gasteiger partial charge in [0.2, 0.25) is 0 Å². The predicted octanol–water partition coefficient (Wildman–Crippen LogP) is 1.93. The van der Waals surface area contributed by atoms with Gasteiger partial charge in [-0.25, -0.2) is 4.79 Å². The second-order valence-electron chi connectivity index (χ2n) is 5.68. The molecule has 0 aliphatic heterocycles. The molecule has 0 fully saturated rings. The predicted molar refractivity (Wildman–Crippen MR) is 102 cm³/mol. The molecule has 2 aromatic rings. The number of Topliss-reactive ketones (excluding diaryl/α,β-unsaturated/α-hetero) is 1. The highest BCUT2D eigenvalue weighted by molar-refractivity contribution is 5.98. The molecule has 0 aliphatic rings. The molecule has 0 atom stereocenters. The normalized spacial score (nSPS) is 9.93. The number of esters is 1. The van der Waals surface area contributed by atoms with Crippen molar-refractivity contribution in [2.75, 3.05) is 27.4 Å². The van der Waals surface area contributed by atoms with Crippen LogP contribution < -0.4 is 20.1 Å². The van der Waals surface area contributed by atoms with Crippen LogP contribution in [0.3, 0.4) is 0 Å². The highest BCUT2D eigenvalue weighted by atomic mass is 16.5. The van der Waals surface area contributed by atoms with Crippen molar-refractivity contribution in [2.45, 2.75) is 6.54 Å². The Kier molecular flexibility index (Phi) is 7.83. The van der Waals surface area contributed by atoms with Gasteiger partial charge < -0.3 is 24.8 Å². The van der Waals surface area contributed by atoms with Gasteiger partial charge in [0.1, 0.15) is 6.54 Å². The molecule has 148 valence electrons. The highest BCUT2D eigenvalue weighted by Gasteiger charge is 2.13. The Morgan fingerprint density at radius 3 is 2.29 bits per heavy atom. The summed E-state index contributed by atoms with van der Waals surface area (Å²) in [7, 11) is 2.95. The Morgan fingerprint density at radius 2 is 1.61 bits per heavy atom. The van der Waals surface area contributed by atoms with Gasteiger partial charge in [0.25, 0.3) is 0 Å². The van der Waals surface area contributed by atoms with E-state index in [1.54, 1.807) is 12.1 Å². The second kappa shape index (κ2) is 10.6. The minimum absolute atomic E-state index is 0.319. The van der Waals surface area contributed by atoms with E-state index in [1.165, 1.54) is 20.3 Å². The van der Waals surface area contributed by atoms with Crippen molar-refractivity contribution in [1.29, 1.82) is 0 Å². The maximum absolute atomic E-state index is 12.1. The summed E-state index contributed by atoms with van der Waals surface area (Å²) in [4.78, 5) is 35.5. The first-order chi connectivity index (χ1) is 13.5.